The zero-order valence-corrected chi connectivity index (χ0v) is 18.4. The highest BCUT2D eigenvalue weighted by Gasteiger charge is 2.42. The van der Waals surface area contributed by atoms with Gasteiger partial charge in [0.15, 0.2) is 17.3 Å². The summed E-state index contributed by atoms with van der Waals surface area (Å²) >= 11 is 1.57. The summed E-state index contributed by atoms with van der Waals surface area (Å²) in [5, 5.41) is 3.29. The number of hydrogen-bond acceptors (Lipinski definition) is 7. The number of thioether (sulfide) groups is 1. The predicted octanol–water partition coefficient (Wildman–Crippen LogP) is 2.89. The molecule has 5 rings (SSSR count). The second kappa shape index (κ2) is 8.35. The van der Waals surface area contributed by atoms with E-state index in [1.54, 1.807) is 36.0 Å². The minimum atomic E-state index is -0.858. The van der Waals surface area contributed by atoms with Crippen LogP contribution in [0.25, 0.3) is 5.70 Å². The second-order valence-electron chi connectivity index (χ2n) is 7.82. The SMILES string of the molecule is CSCCC(C(=O)C=C1NCCc2cc3c(cc21)OCO3)N1C(=O)c2ccccc2C1=O. The van der Waals surface area contributed by atoms with Crippen LogP contribution in [0.1, 0.15) is 38.3 Å². The molecule has 3 heterocycles. The highest BCUT2D eigenvalue weighted by molar-refractivity contribution is 7.98. The monoisotopic (exact) mass is 450 g/mol. The van der Waals surface area contributed by atoms with Crippen LogP contribution in [-0.4, -0.2) is 53.9 Å². The average Bonchev–Trinajstić information content (AvgIpc) is 3.36. The molecule has 7 nitrogen and oxygen atoms in total. The van der Waals surface area contributed by atoms with Gasteiger partial charge in [-0.15, -0.1) is 0 Å². The molecule has 2 aromatic rings. The van der Waals surface area contributed by atoms with Crippen molar-refractivity contribution in [2.45, 2.75) is 18.9 Å². The lowest BCUT2D eigenvalue weighted by Crippen LogP contribution is -2.45. The molecule has 2 aromatic carbocycles. The van der Waals surface area contributed by atoms with Crippen molar-refractivity contribution in [3.8, 4) is 11.5 Å². The van der Waals surface area contributed by atoms with Gasteiger partial charge in [0.2, 0.25) is 6.79 Å². The number of carbonyl (C=O) groups is 3. The summed E-state index contributed by atoms with van der Waals surface area (Å²) in [6, 6.07) is 9.68. The largest absolute Gasteiger partial charge is 0.454 e. The topological polar surface area (TPSA) is 84.9 Å². The molecule has 0 aromatic heterocycles. The van der Waals surface area contributed by atoms with Gasteiger partial charge in [-0.05, 0) is 54.7 Å². The molecule has 2 amide bonds. The van der Waals surface area contributed by atoms with E-state index in [0.29, 0.717) is 47.0 Å². The summed E-state index contributed by atoms with van der Waals surface area (Å²) < 4.78 is 11.0. The lowest BCUT2D eigenvalue weighted by atomic mass is 9.95. The first-order chi connectivity index (χ1) is 15.6. The Morgan fingerprint density at radius 1 is 1.12 bits per heavy atom. The van der Waals surface area contributed by atoms with Crippen molar-refractivity contribution >= 4 is 35.1 Å². The molecule has 32 heavy (non-hydrogen) atoms. The molecule has 0 aliphatic carbocycles. The van der Waals surface area contributed by atoms with Gasteiger partial charge in [0.05, 0.1) is 11.1 Å². The van der Waals surface area contributed by atoms with Gasteiger partial charge in [0.1, 0.15) is 6.04 Å². The quantitative estimate of drug-likeness (QED) is 0.535. The predicted molar refractivity (Wildman–Crippen MR) is 121 cm³/mol. The molecular formula is C24H22N2O5S. The average molecular weight is 451 g/mol. The Hall–Kier alpha value is -3.26. The fourth-order valence-corrected chi connectivity index (χ4v) is 4.81. The Kier molecular flexibility index (Phi) is 5.38. The van der Waals surface area contributed by atoms with Crippen molar-refractivity contribution in [2.75, 3.05) is 25.3 Å². The third-order valence-corrected chi connectivity index (χ3v) is 6.59. The molecule has 0 fully saturated rings. The number of fused-ring (bicyclic) bond motifs is 3. The van der Waals surface area contributed by atoms with E-state index < -0.39 is 17.9 Å². The van der Waals surface area contributed by atoms with E-state index in [4.69, 9.17) is 9.47 Å². The standard InChI is InChI=1S/C24H22N2O5S/c1-32-9-7-19(26-23(28)15-4-2-3-5-16(15)24(26)29)20(27)12-18-17-11-22-21(30-13-31-22)10-14(17)6-8-25-18/h2-5,10-12,19,25H,6-9,13H2,1H3. The molecule has 0 saturated heterocycles. The van der Waals surface area contributed by atoms with Gasteiger partial charge >= 0.3 is 0 Å². The third kappa shape index (κ3) is 3.44. The first-order valence-corrected chi connectivity index (χ1v) is 11.9. The first-order valence-electron chi connectivity index (χ1n) is 10.5. The van der Waals surface area contributed by atoms with E-state index in [1.165, 1.54) is 6.08 Å². The summed E-state index contributed by atoms with van der Waals surface area (Å²) in [6.07, 6.45) is 4.65. The van der Waals surface area contributed by atoms with Gasteiger partial charge in [-0.1, -0.05) is 12.1 Å². The van der Waals surface area contributed by atoms with Crippen LogP contribution in [0.15, 0.2) is 42.5 Å². The fraction of sp³-hybridized carbons (Fsp3) is 0.292. The zero-order chi connectivity index (χ0) is 22.2. The van der Waals surface area contributed by atoms with Crippen LogP contribution in [0.4, 0.5) is 0 Å². The highest BCUT2D eigenvalue weighted by atomic mass is 32.2. The summed E-state index contributed by atoms with van der Waals surface area (Å²) in [4.78, 5) is 40.6. The molecule has 1 N–H and O–H groups in total. The summed E-state index contributed by atoms with van der Waals surface area (Å²) in [5.41, 5.74) is 3.30. The maximum absolute atomic E-state index is 13.5. The first kappa shape index (κ1) is 20.6. The number of carbonyl (C=O) groups excluding carboxylic acids is 3. The summed E-state index contributed by atoms with van der Waals surface area (Å²) in [7, 11) is 0. The van der Waals surface area contributed by atoms with Crippen LogP contribution in [0.5, 0.6) is 11.5 Å². The molecule has 0 radical (unpaired) electrons. The normalized spacial score (nSPS) is 18.4. The summed E-state index contributed by atoms with van der Waals surface area (Å²) in [6.45, 7) is 0.856. The van der Waals surface area contributed by atoms with Crippen LogP contribution in [0.2, 0.25) is 0 Å². The van der Waals surface area contributed by atoms with Crippen molar-refractivity contribution in [3.05, 3.63) is 64.7 Å². The summed E-state index contributed by atoms with van der Waals surface area (Å²) in [5.74, 6) is 0.898. The highest BCUT2D eigenvalue weighted by Crippen LogP contribution is 2.38. The molecule has 3 aliphatic rings. The van der Waals surface area contributed by atoms with Crippen molar-refractivity contribution in [3.63, 3.8) is 0 Å². The van der Waals surface area contributed by atoms with Gasteiger partial charge in [0, 0.05) is 23.9 Å². The van der Waals surface area contributed by atoms with Crippen LogP contribution in [0.3, 0.4) is 0 Å². The van der Waals surface area contributed by atoms with E-state index >= 15 is 0 Å². The van der Waals surface area contributed by atoms with E-state index in [0.717, 1.165) is 22.4 Å². The molecule has 0 spiro atoms. The van der Waals surface area contributed by atoms with Crippen molar-refractivity contribution in [1.82, 2.24) is 10.2 Å². The van der Waals surface area contributed by atoms with Crippen LogP contribution in [0, 0.1) is 0 Å². The minimum absolute atomic E-state index is 0.181. The van der Waals surface area contributed by atoms with Crippen molar-refractivity contribution in [1.29, 1.82) is 0 Å². The maximum atomic E-state index is 13.5. The number of imide groups is 1. The van der Waals surface area contributed by atoms with E-state index in [-0.39, 0.29) is 12.6 Å². The van der Waals surface area contributed by atoms with Crippen molar-refractivity contribution in [2.24, 2.45) is 0 Å². The number of ether oxygens (including phenoxy) is 2. The molecule has 8 heteroatoms. The van der Waals surface area contributed by atoms with Gasteiger partial charge in [-0.25, -0.2) is 0 Å². The molecule has 0 bridgehead atoms. The number of rotatable bonds is 6. The van der Waals surface area contributed by atoms with Gasteiger partial charge in [-0.3, -0.25) is 19.3 Å². The number of nitrogens with one attached hydrogen (secondary N) is 1. The molecule has 1 unspecified atom stereocenters. The van der Waals surface area contributed by atoms with Crippen molar-refractivity contribution < 1.29 is 23.9 Å². The lowest BCUT2D eigenvalue weighted by molar-refractivity contribution is -0.118. The minimum Gasteiger partial charge on any atom is -0.454 e. The fourth-order valence-electron chi connectivity index (χ4n) is 4.35. The van der Waals surface area contributed by atoms with Gasteiger partial charge in [0.25, 0.3) is 11.8 Å². The van der Waals surface area contributed by atoms with Crippen LogP contribution in [-0.2, 0) is 11.2 Å². The Morgan fingerprint density at radius 2 is 1.81 bits per heavy atom. The van der Waals surface area contributed by atoms with Crippen LogP contribution < -0.4 is 14.8 Å². The maximum Gasteiger partial charge on any atom is 0.262 e. The lowest BCUT2D eigenvalue weighted by Gasteiger charge is -2.26. The second-order valence-corrected chi connectivity index (χ2v) is 8.81. The number of hydrogen-bond donors (Lipinski definition) is 1. The Labute approximate surface area is 189 Å². The Bertz CT molecular complexity index is 1120. The molecule has 1 atom stereocenters. The zero-order valence-electron chi connectivity index (χ0n) is 17.6. The Morgan fingerprint density at radius 3 is 2.50 bits per heavy atom. The number of amides is 2. The molecule has 3 aliphatic heterocycles. The van der Waals surface area contributed by atoms with E-state index in [9.17, 15) is 14.4 Å². The molecular weight excluding hydrogens is 428 g/mol. The number of nitrogens with zero attached hydrogens (tertiary/aromatic N) is 1. The van der Waals surface area contributed by atoms with E-state index in [1.807, 2.05) is 18.4 Å². The Balaban J connectivity index is 1.49. The number of ketones is 1. The molecule has 0 saturated carbocycles. The van der Waals surface area contributed by atoms with E-state index in [2.05, 4.69) is 5.32 Å². The molecule has 164 valence electrons. The smallest absolute Gasteiger partial charge is 0.262 e. The number of benzene rings is 2. The third-order valence-electron chi connectivity index (χ3n) is 5.95. The van der Waals surface area contributed by atoms with Gasteiger partial charge in [-0.2, -0.15) is 11.8 Å². The van der Waals surface area contributed by atoms with Crippen LogP contribution >= 0.6 is 11.8 Å². The van der Waals surface area contributed by atoms with Gasteiger partial charge < -0.3 is 14.8 Å².